The molecule has 0 saturated carbocycles. The Hall–Kier alpha value is -2.51. The van der Waals surface area contributed by atoms with E-state index in [1.807, 2.05) is 60.1 Å². The van der Waals surface area contributed by atoms with Crippen molar-refractivity contribution in [1.29, 1.82) is 0 Å². The molecule has 0 spiro atoms. The monoisotopic (exact) mass is 416 g/mol. The van der Waals surface area contributed by atoms with Gasteiger partial charge in [0.1, 0.15) is 5.75 Å². The highest BCUT2D eigenvalue weighted by molar-refractivity contribution is 7.99. The molecule has 0 saturated heterocycles. The predicted molar refractivity (Wildman–Crippen MR) is 112 cm³/mol. The lowest BCUT2D eigenvalue weighted by atomic mass is 10.1. The lowest BCUT2D eigenvalue weighted by molar-refractivity contribution is -0.118. The number of aromatic nitrogens is 3. The van der Waals surface area contributed by atoms with Crippen molar-refractivity contribution in [3.63, 3.8) is 0 Å². The van der Waals surface area contributed by atoms with Crippen LogP contribution in [0.4, 0.5) is 0 Å². The second kappa shape index (κ2) is 9.61. The molecule has 28 heavy (non-hydrogen) atoms. The van der Waals surface area contributed by atoms with Crippen molar-refractivity contribution < 1.29 is 9.53 Å². The fraction of sp³-hybridized carbons (Fsp3) is 0.250. The number of ether oxygens (including phenoxy) is 1. The fourth-order valence-electron chi connectivity index (χ4n) is 2.64. The van der Waals surface area contributed by atoms with Crippen molar-refractivity contribution >= 4 is 29.3 Å². The van der Waals surface area contributed by atoms with Crippen LogP contribution in [0, 0.1) is 0 Å². The zero-order chi connectivity index (χ0) is 19.9. The maximum Gasteiger partial charge on any atom is 0.230 e. The summed E-state index contributed by atoms with van der Waals surface area (Å²) in [6, 6.07) is 15.3. The third kappa shape index (κ3) is 5.05. The lowest BCUT2D eigenvalue weighted by Gasteiger charge is -2.07. The number of hydrogen-bond donors (Lipinski definition) is 1. The van der Waals surface area contributed by atoms with Gasteiger partial charge in [-0.2, -0.15) is 0 Å². The van der Waals surface area contributed by atoms with Crippen molar-refractivity contribution in [2.45, 2.75) is 11.6 Å². The summed E-state index contributed by atoms with van der Waals surface area (Å²) in [4.78, 5) is 12.1. The highest BCUT2D eigenvalue weighted by atomic mass is 35.5. The molecular weight excluding hydrogens is 396 g/mol. The number of halogens is 1. The summed E-state index contributed by atoms with van der Waals surface area (Å²) in [6.45, 7) is 0.579. The summed E-state index contributed by atoms with van der Waals surface area (Å²) in [5, 5.41) is 12.6. The van der Waals surface area contributed by atoms with E-state index in [1.54, 1.807) is 7.11 Å². The van der Waals surface area contributed by atoms with E-state index in [0.29, 0.717) is 22.5 Å². The first-order chi connectivity index (χ1) is 13.6. The first-order valence-corrected chi connectivity index (χ1v) is 10.1. The van der Waals surface area contributed by atoms with Crippen LogP contribution in [0.2, 0.25) is 5.02 Å². The second-order valence-corrected chi connectivity index (χ2v) is 7.43. The Morgan fingerprint density at radius 2 is 1.93 bits per heavy atom. The molecule has 2 aromatic carbocycles. The second-order valence-electron chi connectivity index (χ2n) is 6.08. The zero-order valence-electron chi connectivity index (χ0n) is 15.7. The molecule has 0 unspecified atom stereocenters. The molecule has 0 aliphatic carbocycles. The van der Waals surface area contributed by atoms with Crippen LogP contribution >= 0.6 is 23.4 Å². The van der Waals surface area contributed by atoms with E-state index in [2.05, 4.69) is 15.5 Å². The third-order valence-electron chi connectivity index (χ3n) is 4.18. The molecule has 0 radical (unpaired) electrons. The van der Waals surface area contributed by atoms with Crippen molar-refractivity contribution in [1.82, 2.24) is 20.1 Å². The highest BCUT2D eigenvalue weighted by Crippen LogP contribution is 2.28. The van der Waals surface area contributed by atoms with E-state index in [4.69, 9.17) is 16.3 Å². The third-order valence-corrected chi connectivity index (χ3v) is 5.53. The zero-order valence-corrected chi connectivity index (χ0v) is 17.3. The molecule has 0 aliphatic heterocycles. The number of nitrogens with one attached hydrogen (secondary N) is 1. The Morgan fingerprint density at radius 1 is 1.18 bits per heavy atom. The molecule has 0 bridgehead atoms. The number of thioether (sulfide) groups is 1. The Balaban J connectivity index is 1.49. The van der Waals surface area contributed by atoms with Gasteiger partial charge in [0.15, 0.2) is 11.0 Å². The number of benzene rings is 2. The molecule has 6 nitrogen and oxygen atoms in total. The van der Waals surface area contributed by atoms with Crippen molar-refractivity contribution in [2.24, 2.45) is 7.05 Å². The molecule has 1 aromatic heterocycles. The molecule has 0 atom stereocenters. The maximum atomic E-state index is 12.1. The van der Waals surface area contributed by atoms with E-state index in [1.165, 1.54) is 11.8 Å². The maximum absolute atomic E-state index is 12.1. The van der Waals surface area contributed by atoms with Crippen LogP contribution in [0.15, 0.2) is 53.7 Å². The Labute approximate surface area is 173 Å². The number of rotatable bonds is 8. The Bertz CT molecular complexity index is 944. The SMILES string of the molecule is COc1ccc(CCNC(=O)CSc2nnc(-c3ccccc3Cl)n2C)cc1. The van der Waals surface area contributed by atoms with E-state index in [9.17, 15) is 4.79 Å². The van der Waals surface area contributed by atoms with Crippen LogP contribution < -0.4 is 10.1 Å². The van der Waals surface area contributed by atoms with E-state index in [0.717, 1.165) is 23.3 Å². The van der Waals surface area contributed by atoms with Crippen molar-refractivity contribution in [2.75, 3.05) is 19.4 Å². The molecule has 3 aromatic rings. The minimum atomic E-state index is -0.0409. The summed E-state index contributed by atoms with van der Waals surface area (Å²) in [5.74, 6) is 1.73. The molecule has 8 heteroatoms. The van der Waals surface area contributed by atoms with Gasteiger partial charge in [0, 0.05) is 19.2 Å². The van der Waals surface area contributed by atoms with Crippen molar-refractivity contribution in [3.05, 3.63) is 59.1 Å². The summed E-state index contributed by atoms with van der Waals surface area (Å²) < 4.78 is 6.98. The molecule has 1 amide bonds. The summed E-state index contributed by atoms with van der Waals surface area (Å²) >= 11 is 7.58. The fourth-order valence-corrected chi connectivity index (χ4v) is 3.60. The van der Waals surface area contributed by atoms with Gasteiger partial charge in [-0.1, -0.05) is 47.6 Å². The molecule has 3 rings (SSSR count). The Morgan fingerprint density at radius 3 is 2.64 bits per heavy atom. The highest BCUT2D eigenvalue weighted by Gasteiger charge is 2.14. The van der Waals surface area contributed by atoms with Gasteiger partial charge < -0.3 is 14.6 Å². The largest absolute Gasteiger partial charge is 0.497 e. The average molecular weight is 417 g/mol. The summed E-state index contributed by atoms with van der Waals surface area (Å²) in [5.41, 5.74) is 1.96. The van der Waals surface area contributed by atoms with Crippen LogP contribution in [0.5, 0.6) is 5.75 Å². The molecule has 1 N–H and O–H groups in total. The number of carbonyl (C=O) groups is 1. The predicted octanol–water partition coefficient (Wildman–Crippen LogP) is 3.60. The number of amides is 1. The van der Waals surface area contributed by atoms with Crippen LogP contribution in [0.25, 0.3) is 11.4 Å². The van der Waals surface area contributed by atoms with Gasteiger partial charge in [0.2, 0.25) is 5.91 Å². The van der Waals surface area contributed by atoms with Gasteiger partial charge in [0.25, 0.3) is 0 Å². The van der Waals surface area contributed by atoms with Crippen LogP contribution in [-0.4, -0.2) is 40.1 Å². The number of nitrogens with zero attached hydrogens (tertiary/aromatic N) is 3. The smallest absolute Gasteiger partial charge is 0.230 e. The van der Waals surface area contributed by atoms with Gasteiger partial charge in [-0.05, 0) is 36.2 Å². The van der Waals surface area contributed by atoms with Gasteiger partial charge in [-0.3, -0.25) is 4.79 Å². The topological polar surface area (TPSA) is 69.0 Å². The van der Waals surface area contributed by atoms with E-state index in [-0.39, 0.29) is 11.7 Å². The number of methoxy groups -OCH3 is 1. The number of hydrogen-bond acceptors (Lipinski definition) is 5. The lowest BCUT2D eigenvalue weighted by Crippen LogP contribution is -2.27. The molecule has 146 valence electrons. The van der Waals surface area contributed by atoms with Gasteiger partial charge >= 0.3 is 0 Å². The first kappa shape index (κ1) is 20.2. The van der Waals surface area contributed by atoms with E-state index < -0.39 is 0 Å². The number of carbonyl (C=O) groups excluding carboxylic acids is 1. The molecule has 0 aliphatic rings. The molecule has 1 heterocycles. The molecular formula is C20H21ClN4O2S. The van der Waals surface area contributed by atoms with E-state index >= 15 is 0 Å². The first-order valence-electron chi connectivity index (χ1n) is 8.75. The normalized spacial score (nSPS) is 10.7. The minimum absolute atomic E-state index is 0.0409. The summed E-state index contributed by atoms with van der Waals surface area (Å²) in [7, 11) is 3.50. The molecule has 0 fully saturated rings. The van der Waals surface area contributed by atoms with Crippen LogP contribution in [0.1, 0.15) is 5.56 Å². The van der Waals surface area contributed by atoms with Crippen molar-refractivity contribution in [3.8, 4) is 17.1 Å². The quantitative estimate of drug-likeness (QED) is 0.568. The van der Waals surface area contributed by atoms with Crippen LogP contribution in [0.3, 0.4) is 0 Å². The standard InChI is InChI=1S/C20H21ClN4O2S/c1-25-19(16-5-3-4-6-17(16)21)23-24-20(25)28-13-18(26)22-12-11-14-7-9-15(27-2)10-8-14/h3-10H,11-13H2,1-2H3,(H,22,26). The van der Waals surface area contributed by atoms with Crippen LogP contribution in [-0.2, 0) is 18.3 Å². The summed E-state index contributed by atoms with van der Waals surface area (Å²) in [6.07, 6.45) is 0.765. The van der Waals surface area contributed by atoms with Gasteiger partial charge in [-0.25, -0.2) is 0 Å². The van der Waals surface area contributed by atoms with Gasteiger partial charge in [-0.15, -0.1) is 10.2 Å². The average Bonchev–Trinajstić information content (AvgIpc) is 3.07. The minimum Gasteiger partial charge on any atom is -0.497 e. The van der Waals surface area contributed by atoms with Gasteiger partial charge in [0.05, 0.1) is 17.9 Å². The Kier molecular flexibility index (Phi) is 6.95.